The highest BCUT2D eigenvalue weighted by Gasteiger charge is 2.21. The second-order valence-electron chi connectivity index (χ2n) is 6.37. The first-order chi connectivity index (χ1) is 11.8. The third-order valence-electron chi connectivity index (χ3n) is 4.65. The standard InChI is InChI=1S/C20H25N3O/c21-14-17-8-4-5-9-19(17)20(24)22-18-10-12-23(13-11-18)15-16-6-2-1-3-7-16/h1-9,18H,10-15,21H2,(H,22,24). The Morgan fingerprint density at radius 1 is 1.04 bits per heavy atom. The second-order valence-corrected chi connectivity index (χ2v) is 6.37. The van der Waals surface area contributed by atoms with E-state index in [1.54, 1.807) is 0 Å². The molecule has 3 rings (SSSR count). The summed E-state index contributed by atoms with van der Waals surface area (Å²) in [6.07, 6.45) is 1.98. The SMILES string of the molecule is NCc1ccccc1C(=O)NC1CCN(Cc2ccccc2)CC1. The van der Waals surface area contributed by atoms with E-state index in [1.165, 1.54) is 5.56 Å². The van der Waals surface area contributed by atoms with E-state index in [0.29, 0.717) is 12.1 Å². The van der Waals surface area contributed by atoms with Crippen molar-refractivity contribution >= 4 is 5.91 Å². The summed E-state index contributed by atoms with van der Waals surface area (Å²) in [5.41, 5.74) is 8.67. The molecule has 1 aliphatic rings. The minimum absolute atomic E-state index is 0.00226. The Morgan fingerprint density at radius 3 is 2.42 bits per heavy atom. The largest absolute Gasteiger partial charge is 0.349 e. The maximum atomic E-state index is 12.5. The molecule has 0 bridgehead atoms. The van der Waals surface area contributed by atoms with E-state index >= 15 is 0 Å². The number of benzene rings is 2. The molecular weight excluding hydrogens is 298 g/mol. The summed E-state index contributed by atoms with van der Waals surface area (Å²) in [7, 11) is 0. The number of nitrogens with one attached hydrogen (secondary N) is 1. The van der Waals surface area contributed by atoms with Gasteiger partial charge in [0.15, 0.2) is 0 Å². The van der Waals surface area contributed by atoms with Crippen LogP contribution in [0.5, 0.6) is 0 Å². The van der Waals surface area contributed by atoms with E-state index in [4.69, 9.17) is 5.73 Å². The van der Waals surface area contributed by atoms with Gasteiger partial charge in [-0.3, -0.25) is 9.69 Å². The van der Waals surface area contributed by atoms with E-state index in [1.807, 2.05) is 30.3 Å². The number of amides is 1. The minimum Gasteiger partial charge on any atom is -0.349 e. The van der Waals surface area contributed by atoms with Gasteiger partial charge in [0.05, 0.1) is 0 Å². The molecule has 0 atom stereocenters. The first kappa shape index (κ1) is 16.7. The molecule has 0 spiro atoms. The Labute approximate surface area is 143 Å². The first-order valence-electron chi connectivity index (χ1n) is 8.61. The van der Waals surface area contributed by atoms with Crippen molar-refractivity contribution in [2.24, 2.45) is 5.73 Å². The van der Waals surface area contributed by atoms with Gasteiger partial charge >= 0.3 is 0 Å². The number of carbonyl (C=O) groups is 1. The van der Waals surface area contributed by atoms with Gasteiger partial charge in [-0.15, -0.1) is 0 Å². The number of hydrogen-bond acceptors (Lipinski definition) is 3. The van der Waals surface area contributed by atoms with Crippen LogP contribution in [0.2, 0.25) is 0 Å². The number of piperidine rings is 1. The fourth-order valence-electron chi connectivity index (χ4n) is 3.26. The van der Waals surface area contributed by atoms with Crippen LogP contribution in [0.25, 0.3) is 0 Å². The molecule has 0 aromatic heterocycles. The zero-order valence-electron chi connectivity index (χ0n) is 13.9. The van der Waals surface area contributed by atoms with Gasteiger partial charge in [-0.1, -0.05) is 48.5 Å². The molecule has 2 aromatic carbocycles. The average Bonchev–Trinajstić information content (AvgIpc) is 2.64. The first-order valence-corrected chi connectivity index (χ1v) is 8.61. The second kappa shape index (κ2) is 8.08. The molecule has 4 nitrogen and oxygen atoms in total. The molecule has 1 fully saturated rings. The molecule has 0 saturated carbocycles. The lowest BCUT2D eigenvalue weighted by Crippen LogP contribution is -2.44. The van der Waals surface area contributed by atoms with Crippen LogP contribution in [0.4, 0.5) is 0 Å². The fraction of sp³-hybridized carbons (Fsp3) is 0.350. The molecule has 0 aliphatic carbocycles. The lowest BCUT2D eigenvalue weighted by atomic mass is 10.0. The van der Waals surface area contributed by atoms with Gasteiger partial charge in [-0.05, 0) is 30.0 Å². The van der Waals surface area contributed by atoms with E-state index < -0.39 is 0 Å². The molecule has 1 heterocycles. The van der Waals surface area contributed by atoms with Crippen molar-refractivity contribution in [3.05, 3.63) is 71.3 Å². The molecule has 0 radical (unpaired) electrons. The van der Waals surface area contributed by atoms with Gasteiger partial charge in [0.1, 0.15) is 0 Å². The third kappa shape index (κ3) is 4.22. The molecule has 4 heteroatoms. The number of nitrogens with zero attached hydrogens (tertiary/aromatic N) is 1. The van der Waals surface area contributed by atoms with Crippen LogP contribution in [0.1, 0.15) is 34.3 Å². The van der Waals surface area contributed by atoms with Crippen LogP contribution in [-0.2, 0) is 13.1 Å². The molecule has 126 valence electrons. The average molecular weight is 323 g/mol. The van der Waals surface area contributed by atoms with Crippen LogP contribution in [-0.4, -0.2) is 29.9 Å². The van der Waals surface area contributed by atoms with Crippen molar-refractivity contribution in [2.75, 3.05) is 13.1 Å². The fourth-order valence-corrected chi connectivity index (χ4v) is 3.26. The van der Waals surface area contributed by atoms with Gasteiger partial charge in [0.25, 0.3) is 5.91 Å². The highest BCUT2D eigenvalue weighted by Crippen LogP contribution is 2.15. The van der Waals surface area contributed by atoms with Crippen LogP contribution in [0, 0.1) is 0 Å². The molecule has 24 heavy (non-hydrogen) atoms. The van der Waals surface area contributed by atoms with Crippen molar-refractivity contribution < 1.29 is 4.79 Å². The van der Waals surface area contributed by atoms with Crippen molar-refractivity contribution in [3.63, 3.8) is 0 Å². The van der Waals surface area contributed by atoms with Gasteiger partial charge in [0.2, 0.25) is 0 Å². The quantitative estimate of drug-likeness (QED) is 0.889. The number of hydrogen-bond donors (Lipinski definition) is 2. The molecule has 1 amide bonds. The normalized spacial score (nSPS) is 16.0. The lowest BCUT2D eigenvalue weighted by molar-refractivity contribution is 0.0908. The highest BCUT2D eigenvalue weighted by molar-refractivity contribution is 5.95. The summed E-state index contributed by atoms with van der Waals surface area (Å²) >= 11 is 0. The maximum absolute atomic E-state index is 12.5. The van der Waals surface area contributed by atoms with E-state index in [-0.39, 0.29) is 11.9 Å². The van der Waals surface area contributed by atoms with Crippen molar-refractivity contribution in [1.82, 2.24) is 10.2 Å². The van der Waals surface area contributed by atoms with E-state index in [0.717, 1.165) is 38.0 Å². The molecule has 2 aromatic rings. The van der Waals surface area contributed by atoms with E-state index in [9.17, 15) is 4.79 Å². The van der Waals surface area contributed by atoms with E-state index in [2.05, 4.69) is 34.5 Å². The van der Waals surface area contributed by atoms with Crippen LogP contribution in [0.3, 0.4) is 0 Å². The van der Waals surface area contributed by atoms with Gasteiger partial charge < -0.3 is 11.1 Å². The molecular formula is C20H25N3O. The zero-order valence-corrected chi connectivity index (χ0v) is 13.9. The van der Waals surface area contributed by atoms with Crippen LogP contribution in [0.15, 0.2) is 54.6 Å². The molecule has 0 unspecified atom stereocenters. The van der Waals surface area contributed by atoms with Gasteiger partial charge in [-0.25, -0.2) is 0 Å². The summed E-state index contributed by atoms with van der Waals surface area (Å²) < 4.78 is 0. The van der Waals surface area contributed by atoms with Gasteiger partial charge in [0, 0.05) is 37.8 Å². The Kier molecular flexibility index (Phi) is 5.62. The van der Waals surface area contributed by atoms with Crippen molar-refractivity contribution in [2.45, 2.75) is 32.0 Å². The Balaban J connectivity index is 1.51. The third-order valence-corrected chi connectivity index (χ3v) is 4.65. The summed E-state index contributed by atoms with van der Waals surface area (Å²) in [6.45, 7) is 3.40. The summed E-state index contributed by atoms with van der Waals surface area (Å²) in [5.74, 6) is -0.00226. The summed E-state index contributed by atoms with van der Waals surface area (Å²) in [5, 5.41) is 3.17. The highest BCUT2D eigenvalue weighted by atomic mass is 16.1. The predicted octanol–water partition coefficient (Wildman–Crippen LogP) is 2.54. The monoisotopic (exact) mass is 323 g/mol. The summed E-state index contributed by atoms with van der Waals surface area (Å²) in [6, 6.07) is 18.3. The topological polar surface area (TPSA) is 58.4 Å². The Hall–Kier alpha value is -2.17. The summed E-state index contributed by atoms with van der Waals surface area (Å²) in [4.78, 5) is 14.9. The number of nitrogens with two attached hydrogens (primary N) is 1. The zero-order chi connectivity index (χ0) is 16.8. The lowest BCUT2D eigenvalue weighted by Gasteiger charge is -2.32. The van der Waals surface area contributed by atoms with Crippen LogP contribution >= 0.6 is 0 Å². The maximum Gasteiger partial charge on any atom is 0.251 e. The predicted molar refractivity (Wildman–Crippen MR) is 96.5 cm³/mol. The molecule has 3 N–H and O–H groups in total. The Morgan fingerprint density at radius 2 is 1.71 bits per heavy atom. The Bertz CT molecular complexity index is 664. The van der Waals surface area contributed by atoms with Crippen LogP contribution < -0.4 is 11.1 Å². The molecule has 1 saturated heterocycles. The van der Waals surface area contributed by atoms with Crippen molar-refractivity contribution in [3.8, 4) is 0 Å². The number of carbonyl (C=O) groups excluding carboxylic acids is 1. The number of rotatable bonds is 5. The smallest absolute Gasteiger partial charge is 0.251 e. The van der Waals surface area contributed by atoms with Gasteiger partial charge in [-0.2, -0.15) is 0 Å². The minimum atomic E-state index is -0.00226. The van der Waals surface area contributed by atoms with Crippen molar-refractivity contribution in [1.29, 1.82) is 0 Å². The number of likely N-dealkylation sites (tertiary alicyclic amines) is 1. The molecule has 1 aliphatic heterocycles.